The number of anilines is 2. The van der Waals surface area contributed by atoms with E-state index in [1.807, 2.05) is 0 Å². The molecule has 3 rings (SSSR count). The molecule has 0 bridgehead atoms. The van der Waals surface area contributed by atoms with E-state index in [0.29, 0.717) is 24.4 Å². The van der Waals surface area contributed by atoms with Crippen LogP contribution < -0.4 is 10.2 Å². The van der Waals surface area contributed by atoms with Crippen molar-refractivity contribution in [3.05, 3.63) is 59.7 Å². The number of carbonyl (C=O) groups is 2. The molecule has 2 amide bonds. The highest BCUT2D eigenvalue weighted by Crippen LogP contribution is 2.20. The summed E-state index contributed by atoms with van der Waals surface area (Å²) < 4.78 is 30.8. The van der Waals surface area contributed by atoms with Gasteiger partial charge in [-0.25, -0.2) is 13.6 Å². The number of nitrogens with one attached hydrogen (secondary N) is 1. The van der Waals surface area contributed by atoms with Gasteiger partial charge >= 0.3 is 6.09 Å². The van der Waals surface area contributed by atoms with Gasteiger partial charge in [-0.1, -0.05) is 0 Å². The highest BCUT2D eigenvalue weighted by molar-refractivity contribution is 6.04. The Morgan fingerprint density at radius 1 is 1.09 bits per heavy atom. The van der Waals surface area contributed by atoms with Gasteiger partial charge in [0.25, 0.3) is 5.91 Å². The molecule has 23 heavy (non-hydrogen) atoms. The number of rotatable bonds is 3. The topological polar surface area (TPSA) is 58.6 Å². The average Bonchev–Trinajstić information content (AvgIpc) is 2.97. The van der Waals surface area contributed by atoms with Crippen molar-refractivity contribution in [2.75, 3.05) is 23.4 Å². The Kier molecular flexibility index (Phi) is 3.92. The fourth-order valence-corrected chi connectivity index (χ4v) is 2.20. The van der Waals surface area contributed by atoms with Crippen LogP contribution in [0.15, 0.2) is 42.5 Å². The lowest BCUT2D eigenvalue weighted by Crippen LogP contribution is -2.23. The van der Waals surface area contributed by atoms with E-state index in [1.165, 1.54) is 23.1 Å². The van der Waals surface area contributed by atoms with Crippen molar-refractivity contribution in [2.45, 2.75) is 0 Å². The van der Waals surface area contributed by atoms with Crippen LogP contribution in [0.4, 0.5) is 25.0 Å². The van der Waals surface area contributed by atoms with Crippen molar-refractivity contribution >= 4 is 23.4 Å². The maximum atomic E-state index is 13.1. The molecule has 0 aliphatic carbocycles. The first kappa shape index (κ1) is 15.0. The second-order valence-electron chi connectivity index (χ2n) is 4.90. The minimum atomic E-state index is -1.04. The maximum Gasteiger partial charge on any atom is 0.414 e. The van der Waals surface area contributed by atoms with Gasteiger partial charge < -0.3 is 10.1 Å². The Balaban J connectivity index is 1.72. The first-order valence-electron chi connectivity index (χ1n) is 6.85. The zero-order chi connectivity index (χ0) is 16.4. The van der Waals surface area contributed by atoms with Crippen LogP contribution in [0.25, 0.3) is 0 Å². The van der Waals surface area contributed by atoms with E-state index in [1.54, 1.807) is 12.1 Å². The van der Waals surface area contributed by atoms with Gasteiger partial charge in [-0.3, -0.25) is 9.69 Å². The first-order chi connectivity index (χ1) is 11.0. The number of hydrogen-bond acceptors (Lipinski definition) is 3. The molecule has 0 atom stereocenters. The minimum absolute atomic E-state index is 0.154. The molecule has 1 fully saturated rings. The summed E-state index contributed by atoms with van der Waals surface area (Å²) in [5, 5.41) is 2.47. The third-order valence-corrected chi connectivity index (χ3v) is 3.38. The van der Waals surface area contributed by atoms with Gasteiger partial charge in [-0.2, -0.15) is 0 Å². The van der Waals surface area contributed by atoms with E-state index >= 15 is 0 Å². The number of ether oxygens (including phenoxy) is 1. The van der Waals surface area contributed by atoms with Crippen molar-refractivity contribution in [2.24, 2.45) is 0 Å². The molecule has 1 N–H and O–H groups in total. The number of hydrogen-bond donors (Lipinski definition) is 1. The quantitative estimate of drug-likeness (QED) is 0.945. The van der Waals surface area contributed by atoms with Crippen molar-refractivity contribution in [3.63, 3.8) is 0 Å². The van der Waals surface area contributed by atoms with Gasteiger partial charge in [-0.15, -0.1) is 0 Å². The lowest BCUT2D eigenvalue weighted by atomic mass is 10.1. The number of halogens is 2. The van der Waals surface area contributed by atoms with Gasteiger partial charge in [0.05, 0.1) is 6.54 Å². The summed E-state index contributed by atoms with van der Waals surface area (Å²) in [5.74, 6) is -2.48. The summed E-state index contributed by atoms with van der Waals surface area (Å²) in [7, 11) is 0. The lowest BCUT2D eigenvalue weighted by molar-refractivity contribution is 0.102. The Bertz CT molecular complexity index is 762. The number of amides is 2. The first-order valence-corrected chi connectivity index (χ1v) is 6.85. The molecule has 0 spiro atoms. The van der Waals surface area contributed by atoms with Crippen LogP contribution in [-0.2, 0) is 4.74 Å². The molecule has 7 heteroatoms. The molecule has 118 valence electrons. The largest absolute Gasteiger partial charge is 0.447 e. The SMILES string of the molecule is O=C(Nc1ccc(F)c(F)c1)c1ccc(N2CCOC2=O)cc1. The predicted molar refractivity (Wildman–Crippen MR) is 79.4 cm³/mol. The molecule has 5 nitrogen and oxygen atoms in total. The molecule has 0 aromatic heterocycles. The monoisotopic (exact) mass is 318 g/mol. The summed E-state index contributed by atoms with van der Waals surface area (Å²) in [6.45, 7) is 0.788. The van der Waals surface area contributed by atoms with Gasteiger partial charge in [-0.05, 0) is 36.4 Å². The molecule has 0 unspecified atom stereocenters. The van der Waals surface area contributed by atoms with Crippen LogP contribution >= 0.6 is 0 Å². The van der Waals surface area contributed by atoms with Gasteiger partial charge in [0.1, 0.15) is 6.61 Å². The van der Waals surface area contributed by atoms with E-state index in [4.69, 9.17) is 4.74 Å². The van der Waals surface area contributed by atoms with E-state index in [9.17, 15) is 18.4 Å². The fourth-order valence-electron chi connectivity index (χ4n) is 2.20. The fraction of sp³-hybridized carbons (Fsp3) is 0.125. The summed E-state index contributed by atoms with van der Waals surface area (Å²) in [5.41, 5.74) is 1.10. The summed E-state index contributed by atoms with van der Waals surface area (Å²) in [6.07, 6.45) is -0.427. The molecular weight excluding hydrogens is 306 g/mol. The highest BCUT2D eigenvalue weighted by atomic mass is 19.2. The summed E-state index contributed by atoms with van der Waals surface area (Å²) in [4.78, 5) is 25.0. The van der Waals surface area contributed by atoms with E-state index in [-0.39, 0.29) is 5.69 Å². The van der Waals surface area contributed by atoms with Crippen LogP contribution in [-0.4, -0.2) is 25.2 Å². The molecule has 1 saturated heterocycles. The van der Waals surface area contributed by atoms with Gasteiger partial charge in [0.15, 0.2) is 11.6 Å². The smallest absolute Gasteiger partial charge is 0.414 e. The molecule has 0 radical (unpaired) electrons. The number of cyclic esters (lactones) is 1. The Morgan fingerprint density at radius 2 is 1.83 bits per heavy atom. The molecule has 0 saturated carbocycles. The van der Waals surface area contributed by atoms with Crippen LogP contribution in [0.3, 0.4) is 0 Å². The molecular formula is C16H12F2N2O3. The van der Waals surface area contributed by atoms with Crippen molar-refractivity contribution in [1.29, 1.82) is 0 Å². The van der Waals surface area contributed by atoms with Crippen LogP contribution in [0.5, 0.6) is 0 Å². The molecule has 1 heterocycles. The van der Waals surface area contributed by atoms with E-state index in [0.717, 1.165) is 12.1 Å². The molecule has 2 aromatic rings. The lowest BCUT2D eigenvalue weighted by Gasteiger charge is -2.13. The maximum absolute atomic E-state index is 13.1. The van der Waals surface area contributed by atoms with Crippen molar-refractivity contribution in [3.8, 4) is 0 Å². The Labute approximate surface area is 130 Å². The van der Waals surface area contributed by atoms with Crippen LogP contribution in [0.1, 0.15) is 10.4 Å². The molecule has 2 aromatic carbocycles. The zero-order valence-electron chi connectivity index (χ0n) is 11.9. The number of carbonyl (C=O) groups excluding carboxylic acids is 2. The normalized spacial score (nSPS) is 13.8. The third kappa shape index (κ3) is 3.13. The predicted octanol–water partition coefficient (Wildman–Crippen LogP) is 3.17. The summed E-state index contributed by atoms with van der Waals surface area (Å²) in [6, 6.07) is 9.42. The Morgan fingerprint density at radius 3 is 2.43 bits per heavy atom. The number of benzene rings is 2. The average molecular weight is 318 g/mol. The van der Waals surface area contributed by atoms with Gasteiger partial charge in [0.2, 0.25) is 0 Å². The highest BCUT2D eigenvalue weighted by Gasteiger charge is 2.23. The van der Waals surface area contributed by atoms with Crippen molar-refractivity contribution < 1.29 is 23.1 Å². The van der Waals surface area contributed by atoms with Gasteiger partial charge in [0, 0.05) is 23.0 Å². The van der Waals surface area contributed by atoms with E-state index in [2.05, 4.69) is 5.32 Å². The minimum Gasteiger partial charge on any atom is -0.447 e. The second kappa shape index (κ2) is 6.04. The third-order valence-electron chi connectivity index (χ3n) is 3.38. The molecule has 1 aliphatic heterocycles. The van der Waals surface area contributed by atoms with Crippen molar-refractivity contribution in [1.82, 2.24) is 0 Å². The second-order valence-corrected chi connectivity index (χ2v) is 4.90. The standard InChI is InChI=1S/C16H12F2N2O3/c17-13-6-3-11(9-14(13)18)19-15(21)10-1-4-12(5-2-10)20-7-8-23-16(20)22/h1-6,9H,7-8H2,(H,19,21). The molecule has 1 aliphatic rings. The van der Waals surface area contributed by atoms with E-state index < -0.39 is 23.6 Å². The van der Waals surface area contributed by atoms with Crippen LogP contribution in [0.2, 0.25) is 0 Å². The van der Waals surface area contributed by atoms with Crippen LogP contribution in [0, 0.1) is 11.6 Å². The number of nitrogens with zero attached hydrogens (tertiary/aromatic N) is 1. The summed E-state index contributed by atoms with van der Waals surface area (Å²) >= 11 is 0. The Hall–Kier alpha value is -2.96. The zero-order valence-corrected chi connectivity index (χ0v) is 11.9.